The van der Waals surface area contributed by atoms with Gasteiger partial charge in [-0.2, -0.15) is 0 Å². The first-order chi connectivity index (χ1) is 9.04. The van der Waals surface area contributed by atoms with E-state index in [9.17, 15) is 4.79 Å². The lowest BCUT2D eigenvalue weighted by Gasteiger charge is -2.35. The minimum Gasteiger partial charge on any atom is -0.481 e. The Morgan fingerprint density at radius 1 is 1.63 bits per heavy atom. The topological polar surface area (TPSA) is 66.6 Å². The predicted molar refractivity (Wildman–Crippen MR) is 71.0 cm³/mol. The Morgan fingerprint density at radius 2 is 2.42 bits per heavy atom. The van der Waals surface area contributed by atoms with Crippen LogP contribution in [0.1, 0.15) is 38.3 Å². The molecule has 1 fully saturated rings. The number of piperidine rings is 1. The van der Waals surface area contributed by atoms with Gasteiger partial charge < -0.3 is 14.4 Å². The molecule has 5 nitrogen and oxygen atoms in total. The number of aliphatic carboxylic acids is 1. The molecule has 0 aliphatic carbocycles. The highest BCUT2D eigenvalue weighted by molar-refractivity contribution is 5.69. The standard InChI is InChI=1S/C14H22N2O3/c1-10(2)16-5-3-4-11(9-16)6-13-15-8-12(19-13)7-14(17)18/h8,10-11H,3-7,9H2,1-2H3,(H,17,18). The number of likely N-dealkylation sites (tertiary alicyclic amines) is 1. The average molecular weight is 266 g/mol. The minimum atomic E-state index is -0.883. The molecule has 1 aromatic rings. The molecular weight excluding hydrogens is 244 g/mol. The van der Waals surface area contributed by atoms with Gasteiger partial charge in [-0.15, -0.1) is 0 Å². The molecule has 1 atom stereocenters. The molecule has 1 N–H and O–H groups in total. The fourth-order valence-corrected chi connectivity index (χ4v) is 2.65. The van der Waals surface area contributed by atoms with Gasteiger partial charge >= 0.3 is 5.97 Å². The molecule has 19 heavy (non-hydrogen) atoms. The van der Waals surface area contributed by atoms with Crippen LogP contribution in [0.2, 0.25) is 0 Å². The summed E-state index contributed by atoms with van der Waals surface area (Å²) in [7, 11) is 0. The van der Waals surface area contributed by atoms with Crippen LogP contribution in [0.4, 0.5) is 0 Å². The van der Waals surface area contributed by atoms with Crippen molar-refractivity contribution < 1.29 is 14.3 Å². The maximum Gasteiger partial charge on any atom is 0.311 e. The fraction of sp³-hybridized carbons (Fsp3) is 0.714. The van der Waals surface area contributed by atoms with Crippen molar-refractivity contribution in [3.63, 3.8) is 0 Å². The molecule has 0 bridgehead atoms. The highest BCUT2D eigenvalue weighted by Gasteiger charge is 2.23. The number of hydrogen-bond acceptors (Lipinski definition) is 4. The predicted octanol–water partition coefficient (Wildman–Crippen LogP) is 1.96. The van der Waals surface area contributed by atoms with Crippen LogP contribution in [0, 0.1) is 5.92 Å². The molecule has 0 spiro atoms. The Kier molecular flexibility index (Phi) is 4.58. The molecule has 0 radical (unpaired) electrons. The smallest absolute Gasteiger partial charge is 0.311 e. The van der Waals surface area contributed by atoms with Crippen LogP contribution in [-0.4, -0.2) is 40.1 Å². The number of carboxylic acid groups (broad SMARTS) is 1. The van der Waals surface area contributed by atoms with Crippen molar-refractivity contribution in [2.75, 3.05) is 13.1 Å². The minimum absolute atomic E-state index is 0.0875. The Hall–Kier alpha value is -1.36. The molecule has 0 amide bonds. The third-order valence-corrected chi connectivity index (χ3v) is 3.67. The largest absolute Gasteiger partial charge is 0.481 e. The van der Waals surface area contributed by atoms with E-state index in [1.165, 1.54) is 25.6 Å². The zero-order chi connectivity index (χ0) is 13.8. The first-order valence-electron chi connectivity index (χ1n) is 6.94. The lowest BCUT2D eigenvalue weighted by molar-refractivity contribution is -0.136. The molecule has 1 aromatic heterocycles. The molecule has 0 aromatic carbocycles. The summed E-state index contributed by atoms with van der Waals surface area (Å²) in [6, 6.07) is 0.579. The van der Waals surface area contributed by atoms with Crippen LogP contribution in [-0.2, 0) is 17.6 Å². The monoisotopic (exact) mass is 266 g/mol. The Labute approximate surface area is 113 Å². The van der Waals surface area contributed by atoms with Crippen LogP contribution >= 0.6 is 0 Å². The first kappa shape index (κ1) is 14.1. The number of carbonyl (C=O) groups is 1. The molecule has 106 valence electrons. The summed E-state index contributed by atoms with van der Waals surface area (Å²) in [6.45, 7) is 6.69. The summed E-state index contributed by atoms with van der Waals surface area (Å²) in [5.74, 6) is 0.796. The summed E-state index contributed by atoms with van der Waals surface area (Å²) in [5.41, 5.74) is 0. The molecule has 2 rings (SSSR count). The van der Waals surface area contributed by atoms with Gasteiger partial charge in [0, 0.05) is 19.0 Å². The van der Waals surface area contributed by atoms with E-state index >= 15 is 0 Å². The number of nitrogens with zero attached hydrogens (tertiary/aromatic N) is 2. The van der Waals surface area contributed by atoms with Crippen molar-refractivity contribution in [3.05, 3.63) is 17.8 Å². The second-order valence-electron chi connectivity index (χ2n) is 5.59. The van der Waals surface area contributed by atoms with Crippen molar-refractivity contribution in [3.8, 4) is 0 Å². The number of hydrogen-bond donors (Lipinski definition) is 1. The normalized spacial score (nSPS) is 20.9. The van der Waals surface area contributed by atoms with Gasteiger partial charge in [0.15, 0.2) is 5.89 Å². The molecule has 0 saturated carbocycles. The Bertz CT molecular complexity index is 428. The second-order valence-corrected chi connectivity index (χ2v) is 5.59. The highest BCUT2D eigenvalue weighted by atomic mass is 16.4. The van der Waals surface area contributed by atoms with Crippen LogP contribution in [0.5, 0.6) is 0 Å². The number of rotatable bonds is 5. The van der Waals surface area contributed by atoms with E-state index < -0.39 is 5.97 Å². The van der Waals surface area contributed by atoms with Crippen LogP contribution < -0.4 is 0 Å². The fourth-order valence-electron chi connectivity index (χ4n) is 2.65. The van der Waals surface area contributed by atoms with E-state index in [1.807, 2.05) is 0 Å². The molecule has 1 saturated heterocycles. The summed E-state index contributed by atoms with van der Waals surface area (Å²) in [4.78, 5) is 17.3. The highest BCUT2D eigenvalue weighted by Crippen LogP contribution is 2.22. The Morgan fingerprint density at radius 3 is 3.11 bits per heavy atom. The molecule has 1 unspecified atom stereocenters. The number of carboxylic acids is 1. The third-order valence-electron chi connectivity index (χ3n) is 3.67. The summed E-state index contributed by atoms with van der Waals surface area (Å²) < 4.78 is 5.48. The summed E-state index contributed by atoms with van der Waals surface area (Å²) in [6.07, 6.45) is 4.66. The van der Waals surface area contributed by atoms with Crippen molar-refractivity contribution >= 4 is 5.97 Å². The van der Waals surface area contributed by atoms with Gasteiger partial charge in [0.25, 0.3) is 0 Å². The van der Waals surface area contributed by atoms with Gasteiger partial charge in [-0.1, -0.05) is 0 Å². The van der Waals surface area contributed by atoms with E-state index in [1.54, 1.807) is 0 Å². The SMILES string of the molecule is CC(C)N1CCCC(Cc2ncc(CC(=O)O)o2)C1. The van der Waals surface area contributed by atoms with Gasteiger partial charge in [0.05, 0.1) is 6.20 Å². The molecular formula is C14H22N2O3. The van der Waals surface area contributed by atoms with Crippen molar-refractivity contribution in [2.45, 2.75) is 45.6 Å². The summed E-state index contributed by atoms with van der Waals surface area (Å²) in [5, 5.41) is 8.70. The second kappa shape index (κ2) is 6.19. The molecule has 2 heterocycles. The van der Waals surface area contributed by atoms with E-state index in [4.69, 9.17) is 9.52 Å². The van der Waals surface area contributed by atoms with Crippen LogP contribution in [0.25, 0.3) is 0 Å². The van der Waals surface area contributed by atoms with Crippen molar-refractivity contribution in [1.29, 1.82) is 0 Å². The molecule has 1 aliphatic heterocycles. The van der Waals surface area contributed by atoms with Gasteiger partial charge in [-0.05, 0) is 39.2 Å². The van der Waals surface area contributed by atoms with Crippen LogP contribution in [0.15, 0.2) is 10.6 Å². The van der Waals surface area contributed by atoms with E-state index in [2.05, 4.69) is 23.7 Å². The Balaban J connectivity index is 1.89. The van der Waals surface area contributed by atoms with Crippen molar-refractivity contribution in [1.82, 2.24) is 9.88 Å². The lowest BCUT2D eigenvalue weighted by atomic mass is 9.94. The maximum atomic E-state index is 10.6. The van der Waals surface area contributed by atoms with Gasteiger partial charge in [0.2, 0.25) is 0 Å². The quantitative estimate of drug-likeness (QED) is 0.882. The lowest BCUT2D eigenvalue weighted by Crippen LogP contribution is -2.40. The van der Waals surface area contributed by atoms with Crippen LogP contribution in [0.3, 0.4) is 0 Å². The molecule has 5 heteroatoms. The van der Waals surface area contributed by atoms with Gasteiger partial charge in [-0.25, -0.2) is 4.98 Å². The van der Waals surface area contributed by atoms with Crippen molar-refractivity contribution in [2.24, 2.45) is 5.92 Å². The van der Waals surface area contributed by atoms with E-state index in [0.717, 1.165) is 13.0 Å². The van der Waals surface area contributed by atoms with Gasteiger partial charge in [0.1, 0.15) is 12.2 Å². The zero-order valence-electron chi connectivity index (χ0n) is 11.6. The first-order valence-corrected chi connectivity index (χ1v) is 6.94. The average Bonchev–Trinajstić information content (AvgIpc) is 2.76. The maximum absolute atomic E-state index is 10.6. The third kappa shape index (κ3) is 4.06. The molecule has 1 aliphatic rings. The zero-order valence-corrected chi connectivity index (χ0v) is 11.6. The van der Waals surface area contributed by atoms with Gasteiger partial charge in [-0.3, -0.25) is 4.79 Å². The van der Waals surface area contributed by atoms with E-state index in [-0.39, 0.29) is 6.42 Å². The summed E-state index contributed by atoms with van der Waals surface area (Å²) >= 11 is 0. The number of oxazole rings is 1. The van der Waals surface area contributed by atoms with E-state index in [0.29, 0.717) is 23.6 Å². The number of aromatic nitrogens is 1.